The average Bonchev–Trinajstić information content (AvgIpc) is 3.06. The molecule has 0 aliphatic rings. The van der Waals surface area contributed by atoms with E-state index in [0.717, 1.165) is 44.3 Å². The van der Waals surface area contributed by atoms with Crippen molar-refractivity contribution in [1.82, 2.24) is 20.2 Å². The Labute approximate surface area is 274 Å². The number of nitrogens with one attached hydrogen (secondary N) is 4. The van der Waals surface area contributed by atoms with Gasteiger partial charge in [0.05, 0.1) is 34.2 Å². The molecular weight excluding hydrogens is 635 g/mol. The monoisotopic (exact) mass is 667 g/mol. The Balaban J connectivity index is 1.32. The van der Waals surface area contributed by atoms with Gasteiger partial charge in [-0.15, -0.1) is 0 Å². The molecule has 4 aromatic rings. The maximum Gasteiger partial charge on any atom is 0.416 e. The maximum atomic E-state index is 13.0. The fraction of sp³-hybridized carbons (Fsp3) is 0.242. The molecule has 10 nitrogen and oxygen atoms in total. The number of rotatable bonds is 13. The summed E-state index contributed by atoms with van der Waals surface area (Å²) in [6.07, 6.45) is -0.793. The van der Waals surface area contributed by atoms with Crippen LogP contribution in [0.3, 0.4) is 0 Å². The van der Waals surface area contributed by atoms with Crippen molar-refractivity contribution in [2.45, 2.75) is 26.4 Å². The van der Waals surface area contributed by atoms with Crippen molar-refractivity contribution in [3.8, 4) is 0 Å². The van der Waals surface area contributed by atoms with Crippen molar-refractivity contribution in [3.63, 3.8) is 0 Å². The summed E-state index contributed by atoms with van der Waals surface area (Å²) in [6.45, 7) is 7.48. The third-order valence-electron chi connectivity index (χ3n) is 6.93. The van der Waals surface area contributed by atoms with Gasteiger partial charge in [-0.05, 0) is 80.2 Å². The largest absolute Gasteiger partial charge is 0.416 e. The van der Waals surface area contributed by atoms with Gasteiger partial charge in [-0.2, -0.15) is 13.2 Å². The third kappa shape index (κ3) is 9.99. The predicted molar refractivity (Wildman–Crippen MR) is 175 cm³/mol. The molecule has 3 amide bonds. The summed E-state index contributed by atoms with van der Waals surface area (Å²) in [7, 11) is 0. The highest BCUT2D eigenvalue weighted by Gasteiger charge is 2.31. The number of anilines is 4. The van der Waals surface area contributed by atoms with Crippen LogP contribution in [0.25, 0.3) is 0 Å². The molecule has 0 radical (unpaired) electrons. The van der Waals surface area contributed by atoms with E-state index in [1.165, 1.54) is 36.7 Å². The Morgan fingerprint density at radius 2 is 1.47 bits per heavy atom. The minimum atomic E-state index is -4.60. The summed E-state index contributed by atoms with van der Waals surface area (Å²) in [5.41, 5.74) is 0.409. The van der Waals surface area contributed by atoms with Gasteiger partial charge in [-0.3, -0.25) is 14.4 Å². The Bertz CT molecular complexity index is 1700. The predicted octanol–water partition coefficient (Wildman–Crippen LogP) is 6.86. The van der Waals surface area contributed by atoms with Gasteiger partial charge in [-0.1, -0.05) is 31.5 Å². The normalized spacial score (nSPS) is 11.2. The lowest BCUT2D eigenvalue weighted by atomic mass is 10.1. The zero-order chi connectivity index (χ0) is 34.0. The Hall–Kier alpha value is -5.01. The molecule has 0 saturated carbocycles. The number of hydrogen-bond acceptors (Lipinski definition) is 7. The van der Waals surface area contributed by atoms with Crippen LogP contribution in [0.1, 0.15) is 56.9 Å². The number of amides is 3. The minimum Gasteiger partial charge on any atom is -0.351 e. The van der Waals surface area contributed by atoms with Crippen molar-refractivity contribution in [2.24, 2.45) is 0 Å². The highest BCUT2D eigenvalue weighted by molar-refractivity contribution is 6.34. The van der Waals surface area contributed by atoms with Crippen LogP contribution in [0, 0.1) is 0 Å². The van der Waals surface area contributed by atoms with E-state index in [4.69, 9.17) is 11.6 Å². The first-order valence-electron chi connectivity index (χ1n) is 14.8. The Morgan fingerprint density at radius 1 is 0.787 bits per heavy atom. The fourth-order valence-corrected chi connectivity index (χ4v) is 4.68. The van der Waals surface area contributed by atoms with Crippen molar-refractivity contribution in [1.29, 1.82) is 0 Å². The summed E-state index contributed by atoms with van der Waals surface area (Å²) in [4.78, 5) is 48.7. The van der Waals surface area contributed by atoms with Crippen LogP contribution in [-0.4, -0.2) is 58.8 Å². The van der Waals surface area contributed by atoms with E-state index in [9.17, 15) is 27.6 Å². The van der Waals surface area contributed by atoms with Gasteiger partial charge in [0.2, 0.25) is 5.95 Å². The maximum absolute atomic E-state index is 13.0. The SMILES string of the molecule is CCCN(CC)CCNC(=O)c1ccc(Nc2ncc(NC(=O)c3cc(NC(=O)c4cccc(C(F)(F)F)c4)ccc3Cl)cn2)cc1. The van der Waals surface area contributed by atoms with Gasteiger partial charge in [0, 0.05) is 35.6 Å². The Kier molecular flexibility index (Phi) is 11.9. The molecule has 4 rings (SSSR count). The number of aromatic nitrogens is 2. The number of likely N-dealkylation sites (N-methyl/N-ethyl adjacent to an activating group) is 1. The molecule has 0 spiro atoms. The van der Waals surface area contributed by atoms with E-state index in [0.29, 0.717) is 17.8 Å². The summed E-state index contributed by atoms with van der Waals surface area (Å²) in [5, 5.41) is 11.1. The molecule has 14 heteroatoms. The summed E-state index contributed by atoms with van der Waals surface area (Å²) >= 11 is 6.22. The fourth-order valence-electron chi connectivity index (χ4n) is 4.48. The van der Waals surface area contributed by atoms with Crippen molar-refractivity contribution in [2.75, 3.05) is 42.1 Å². The second-order valence-corrected chi connectivity index (χ2v) is 10.8. The number of carbonyl (C=O) groups excluding carboxylic acids is 3. The van der Waals surface area contributed by atoms with Crippen LogP contribution in [0.4, 0.5) is 36.2 Å². The molecule has 0 atom stereocenters. The van der Waals surface area contributed by atoms with E-state index in [1.54, 1.807) is 24.3 Å². The van der Waals surface area contributed by atoms with Crippen LogP contribution in [-0.2, 0) is 6.18 Å². The molecule has 3 aromatic carbocycles. The molecular formula is C33H33ClF3N7O3. The molecule has 0 aliphatic carbocycles. The van der Waals surface area contributed by atoms with Gasteiger partial charge in [-0.25, -0.2) is 9.97 Å². The van der Waals surface area contributed by atoms with Gasteiger partial charge in [0.25, 0.3) is 17.7 Å². The zero-order valence-electron chi connectivity index (χ0n) is 25.6. The molecule has 246 valence electrons. The number of halogens is 4. The van der Waals surface area contributed by atoms with Gasteiger partial charge in [0.1, 0.15) is 0 Å². The molecule has 1 heterocycles. The van der Waals surface area contributed by atoms with Crippen LogP contribution in [0.5, 0.6) is 0 Å². The van der Waals surface area contributed by atoms with Crippen molar-refractivity contribution in [3.05, 3.63) is 106 Å². The molecule has 0 fully saturated rings. The van der Waals surface area contributed by atoms with Gasteiger partial charge in [0.15, 0.2) is 0 Å². The number of benzene rings is 3. The first kappa shape index (κ1) is 34.9. The summed E-state index contributed by atoms with van der Waals surface area (Å²) < 4.78 is 39.1. The first-order valence-corrected chi connectivity index (χ1v) is 15.1. The minimum absolute atomic E-state index is 0.00323. The first-order chi connectivity index (χ1) is 22.5. The van der Waals surface area contributed by atoms with E-state index in [1.807, 2.05) is 0 Å². The molecule has 47 heavy (non-hydrogen) atoms. The highest BCUT2D eigenvalue weighted by atomic mass is 35.5. The average molecular weight is 668 g/mol. The molecule has 0 saturated heterocycles. The Morgan fingerprint density at radius 3 is 2.13 bits per heavy atom. The van der Waals surface area contributed by atoms with Crippen LogP contribution >= 0.6 is 11.6 Å². The second-order valence-electron chi connectivity index (χ2n) is 10.4. The van der Waals surface area contributed by atoms with Crippen molar-refractivity contribution < 1.29 is 27.6 Å². The highest BCUT2D eigenvalue weighted by Crippen LogP contribution is 2.30. The smallest absolute Gasteiger partial charge is 0.351 e. The van der Waals surface area contributed by atoms with E-state index < -0.39 is 23.6 Å². The quantitative estimate of drug-likeness (QED) is 0.123. The van der Waals surface area contributed by atoms with E-state index in [2.05, 4.69) is 50.0 Å². The van der Waals surface area contributed by atoms with Crippen LogP contribution in [0.2, 0.25) is 5.02 Å². The van der Waals surface area contributed by atoms with E-state index in [-0.39, 0.29) is 39.4 Å². The standard InChI is InChI=1S/C33H33ClF3N7O3/c1-3-15-44(4-2)16-14-38-29(45)21-8-10-24(11-9-21)43-32-39-19-26(20-40-32)42-31(47)27-18-25(12-13-28(27)34)41-30(46)22-6-5-7-23(17-22)33(35,36)37/h5-13,17-20H,3-4,14-16H2,1-2H3,(H,38,45)(H,41,46)(H,42,47)(H,39,40,43). The lowest BCUT2D eigenvalue weighted by Crippen LogP contribution is -2.35. The van der Waals surface area contributed by atoms with Crippen LogP contribution < -0.4 is 21.3 Å². The summed E-state index contributed by atoms with van der Waals surface area (Å²) in [5.74, 6) is -1.34. The molecule has 0 unspecified atom stereocenters. The molecule has 1 aromatic heterocycles. The third-order valence-corrected chi connectivity index (χ3v) is 7.26. The van der Waals surface area contributed by atoms with Crippen molar-refractivity contribution >= 4 is 52.3 Å². The number of alkyl halides is 3. The lowest BCUT2D eigenvalue weighted by molar-refractivity contribution is -0.137. The van der Waals surface area contributed by atoms with Crippen LogP contribution in [0.15, 0.2) is 79.1 Å². The molecule has 4 N–H and O–H groups in total. The molecule has 0 aliphatic heterocycles. The number of carbonyl (C=O) groups is 3. The molecule has 0 bridgehead atoms. The zero-order valence-corrected chi connectivity index (χ0v) is 26.4. The number of hydrogen-bond donors (Lipinski definition) is 4. The van der Waals surface area contributed by atoms with E-state index >= 15 is 0 Å². The van der Waals surface area contributed by atoms with Gasteiger partial charge >= 0.3 is 6.18 Å². The summed E-state index contributed by atoms with van der Waals surface area (Å²) in [6, 6.07) is 14.9. The topological polar surface area (TPSA) is 128 Å². The second kappa shape index (κ2) is 16.0. The van der Waals surface area contributed by atoms with Gasteiger partial charge < -0.3 is 26.2 Å². The lowest BCUT2D eigenvalue weighted by Gasteiger charge is -2.19. The number of nitrogens with zero attached hydrogens (tertiary/aromatic N) is 3.